The molecule has 0 saturated heterocycles. The Balaban J connectivity index is 1.45. The van der Waals surface area contributed by atoms with Gasteiger partial charge in [-0.15, -0.1) is 10.2 Å². The Morgan fingerprint density at radius 2 is 1.70 bits per heavy atom. The van der Waals surface area contributed by atoms with Crippen LogP contribution >= 0.6 is 23.4 Å². The Bertz CT molecular complexity index is 1180. The number of amides is 1. The van der Waals surface area contributed by atoms with Crippen LogP contribution in [0.25, 0.3) is 22.5 Å². The number of nitrogens with zero attached hydrogens (tertiary/aromatic N) is 3. The molecule has 1 aromatic heterocycles. The summed E-state index contributed by atoms with van der Waals surface area (Å²) in [6, 6.07) is 25.2. The first-order valence-electron chi connectivity index (χ1n) is 9.34. The minimum atomic E-state index is -0.101. The Kier molecular flexibility index (Phi) is 6.16. The van der Waals surface area contributed by atoms with Gasteiger partial charge >= 0.3 is 0 Å². The van der Waals surface area contributed by atoms with E-state index in [0.717, 1.165) is 22.4 Å². The first-order chi connectivity index (χ1) is 14.6. The molecule has 3 aromatic carbocycles. The third kappa shape index (κ3) is 4.56. The Morgan fingerprint density at radius 1 is 0.967 bits per heavy atom. The zero-order valence-electron chi connectivity index (χ0n) is 16.2. The molecule has 0 saturated carbocycles. The van der Waals surface area contributed by atoms with E-state index in [1.165, 1.54) is 11.8 Å². The molecule has 0 fully saturated rings. The molecule has 0 unspecified atom stereocenters. The van der Waals surface area contributed by atoms with Crippen LogP contribution in [0.2, 0.25) is 5.02 Å². The summed E-state index contributed by atoms with van der Waals surface area (Å²) in [6.45, 7) is 0. The molecule has 0 spiro atoms. The zero-order chi connectivity index (χ0) is 20.9. The summed E-state index contributed by atoms with van der Waals surface area (Å²) >= 11 is 7.42. The van der Waals surface area contributed by atoms with Crippen LogP contribution in [0.5, 0.6) is 0 Å². The van der Waals surface area contributed by atoms with Crippen molar-refractivity contribution in [2.75, 3.05) is 11.1 Å². The van der Waals surface area contributed by atoms with Crippen LogP contribution in [0.4, 0.5) is 5.69 Å². The lowest BCUT2D eigenvalue weighted by Gasteiger charge is -2.11. The van der Waals surface area contributed by atoms with Crippen molar-refractivity contribution in [1.82, 2.24) is 14.8 Å². The molecule has 7 heteroatoms. The van der Waals surface area contributed by atoms with Gasteiger partial charge in [-0.05, 0) is 23.8 Å². The molecule has 150 valence electrons. The van der Waals surface area contributed by atoms with Gasteiger partial charge in [0, 0.05) is 28.9 Å². The number of rotatable bonds is 6. The number of para-hydroxylation sites is 1. The summed E-state index contributed by atoms with van der Waals surface area (Å²) in [5.41, 5.74) is 3.70. The van der Waals surface area contributed by atoms with Crippen molar-refractivity contribution in [2.24, 2.45) is 7.05 Å². The fourth-order valence-electron chi connectivity index (χ4n) is 3.10. The highest BCUT2D eigenvalue weighted by Gasteiger charge is 2.14. The summed E-state index contributed by atoms with van der Waals surface area (Å²) in [6.07, 6.45) is 0. The topological polar surface area (TPSA) is 59.8 Å². The largest absolute Gasteiger partial charge is 0.325 e. The second-order valence-corrected chi connectivity index (χ2v) is 8.00. The lowest BCUT2D eigenvalue weighted by molar-refractivity contribution is -0.113. The summed E-state index contributed by atoms with van der Waals surface area (Å²) in [5.74, 6) is 0.829. The van der Waals surface area contributed by atoms with Crippen molar-refractivity contribution < 1.29 is 4.79 Å². The molecule has 0 atom stereocenters. The summed E-state index contributed by atoms with van der Waals surface area (Å²) in [4.78, 5) is 12.6. The minimum Gasteiger partial charge on any atom is -0.325 e. The van der Waals surface area contributed by atoms with E-state index in [4.69, 9.17) is 11.6 Å². The number of carbonyl (C=O) groups is 1. The van der Waals surface area contributed by atoms with E-state index in [0.29, 0.717) is 16.0 Å². The molecule has 4 rings (SSSR count). The van der Waals surface area contributed by atoms with Gasteiger partial charge in [-0.1, -0.05) is 84.0 Å². The number of hydrogen-bond acceptors (Lipinski definition) is 4. The smallest absolute Gasteiger partial charge is 0.234 e. The third-order valence-electron chi connectivity index (χ3n) is 4.54. The quantitative estimate of drug-likeness (QED) is 0.405. The van der Waals surface area contributed by atoms with E-state index in [-0.39, 0.29) is 11.7 Å². The Morgan fingerprint density at radius 3 is 2.50 bits per heavy atom. The number of halogens is 1. The normalized spacial score (nSPS) is 10.7. The van der Waals surface area contributed by atoms with E-state index >= 15 is 0 Å². The highest BCUT2D eigenvalue weighted by atomic mass is 35.5. The van der Waals surface area contributed by atoms with Crippen LogP contribution in [-0.2, 0) is 11.8 Å². The molecule has 30 heavy (non-hydrogen) atoms. The van der Waals surface area contributed by atoms with Crippen LogP contribution in [0.3, 0.4) is 0 Å². The maximum atomic E-state index is 12.6. The highest BCUT2D eigenvalue weighted by molar-refractivity contribution is 7.99. The van der Waals surface area contributed by atoms with Crippen LogP contribution in [-0.4, -0.2) is 26.4 Å². The van der Waals surface area contributed by atoms with Gasteiger partial charge in [-0.25, -0.2) is 0 Å². The predicted molar refractivity (Wildman–Crippen MR) is 123 cm³/mol. The van der Waals surface area contributed by atoms with E-state index in [9.17, 15) is 4.79 Å². The summed E-state index contributed by atoms with van der Waals surface area (Å²) < 4.78 is 1.86. The predicted octanol–water partition coefficient (Wildman–Crippen LogP) is 5.53. The van der Waals surface area contributed by atoms with Gasteiger partial charge < -0.3 is 9.88 Å². The Hall–Kier alpha value is -3.09. The molecule has 0 bridgehead atoms. The first-order valence-corrected chi connectivity index (χ1v) is 10.7. The minimum absolute atomic E-state index is 0.101. The Labute approximate surface area is 184 Å². The maximum Gasteiger partial charge on any atom is 0.234 e. The maximum absolute atomic E-state index is 12.6. The summed E-state index contributed by atoms with van der Waals surface area (Å²) in [7, 11) is 1.88. The van der Waals surface area contributed by atoms with Gasteiger partial charge in [0.1, 0.15) is 0 Å². The molecule has 1 amide bonds. The lowest BCUT2D eigenvalue weighted by Crippen LogP contribution is -2.15. The van der Waals surface area contributed by atoms with Crippen molar-refractivity contribution in [3.8, 4) is 22.5 Å². The van der Waals surface area contributed by atoms with Crippen LogP contribution in [0.15, 0.2) is 84.0 Å². The van der Waals surface area contributed by atoms with Gasteiger partial charge in [0.2, 0.25) is 5.91 Å². The number of hydrogen-bond donors (Lipinski definition) is 1. The molecule has 0 aliphatic heterocycles. The first kappa shape index (κ1) is 20.2. The van der Waals surface area contributed by atoms with E-state index in [1.54, 1.807) is 0 Å². The molecule has 0 radical (unpaired) electrons. The molecule has 0 aliphatic rings. The van der Waals surface area contributed by atoms with Crippen molar-refractivity contribution in [1.29, 1.82) is 0 Å². The highest BCUT2D eigenvalue weighted by Crippen LogP contribution is 2.28. The lowest BCUT2D eigenvalue weighted by atomic mass is 10.0. The second kappa shape index (κ2) is 9.15. The fraction of sp³-hybridized carbons (Fsp3) is 0.0870. The molecular formula is C23H19ClN4OS. The number of anilines is 1. The second-order valence-electron chi connectivity index (χ2n) is 6.62. The van der Waals surface area contributed by atoms with Crippen LogP contribution < -0.4 is 5.32 Å². The third-order valence-corrected chi connectivity index (χ3v) is 5.79. The van der Waals surface area contributed by atoms with Gasteiger partial charge in [0.25, 0.3) is 0 Å². The van der Waals surface area contributed by atoms with E-state index < -0.39 is 0 Å². The van der Waals surface area contributed by atoms with Crippen molar-refractivity contribution >= 4 is 35.0 Å². The zero-order valence-corrected chi connectivity index (χ0v) is 17.8. The van der Waals surface area contributed by atoms with E-state index in [2.05, 4.69) is 15.5 Å². The van der Waals surface area contributed by atoms with Crippen LogP contribution in [0.1, 0.15) is 0 Å². The van der Waals surface area contributed by atoms with Gasteiger partial charge in [0.15, 0.2) is 11.0 Å². The molecule has 1 heterocycles. The van der Waals surface area contributed by atoms with Crippen molar-refractivity contribution in [2.45, 2.75) is 5.16 Å². The molecule has 0 aliphatic carbocycles. The number of nitrogens with one attached hydrogen (secondary N) is 1. The number of benzene rings is 3. The number of thioether (sulfide) groups is 1. The average molecular weight is 435 g/mol. The molecular weight excluding hydrogens is 416 g/mol. The SMILES string of the molecule is Cn1c(SCC(=O)Nc2ccccc2-c2ccccc2)nnc1-c1cccc(Cl)c1. The summed E-state index contributed by atoms with van der Waals surface area (Å²) in [5, 5.41) is 12.8. The molecule has 5 nitrogen and oxygen atoms in total. The average Bonchev–Trinajstić information content (AvgIpc) is 3.13. The molecule has 4 aromatic rings. The van der Waals surface area contributed by atoms with Gasteiger partial charge in [-0.3, -0.25) is 4.79 Å². The van der Waals surface area contributed by atoms with Crippen LogP contribution in [0, 0.1) is 0 Å². The van der Waals surface area contributed by atoms with Crippen molar-refractivity contribution in [3.05, 3.63) is 83.9 Å². The van der Waals surface area contributed by atoms with Gasteiger partial charge in [-0.2, -0.15) is 0 Å². The number of aromatic nitrogens is 3. The monoisotopic (exact) mass is 434 g/mol. The number of carbonyl (C=O) groups excluding carboxylic acids is 1. The fourth-order valence-corrected chi connectivity index (χ4v) is 4.00. The molecule has 1 N–H and O–H groups in total. The van der Waals surface area contributed by atoms with Crippen molar-refractivity contribution in [3.63, 3.8) is 0 Å². The van der Waals surface area contributed by atoms with Gasteiger partial charge in [0.05, 0.1) is 5.75 Å². The van der Waals surface area contributed by atoms with E-state index in [1.807, 2.05) is 90.5 Å². The standard InChI is InChI=1S/C23H19ClN4OS/c1-28-22(17-10-7-11-18(24)14-17)26-27-23(28)30-15-21(29)25-20-13-6-5-12-19(20)16-8-3-2-4-9-16/h2-14H,15H2,1H3,(H,25,29).